The van der Waals surface area contributed by atoms with Crippen LogP contribution in [0.25, 0.3) is 0 Å². The monoisotopic (exact) mass is 449 g/mol. The molecule has 8 nitrogen and oxygen atoms in total. The molecule has 0 heterocycles. The Balaban J connectivity index is 2.81. The highest BCUT2D eigenvalue weighted by atomic mass is 16.6. The lowest BCUT2D eigenvalue weighted by Gasteiger charge is -2.23. The number of ether oxygens (including phenoxy) is 3. The molecule has 2 atom stereocenters. The molecule has 0 bridgehead atoms. The second kappa shape index (κ2) is 11.6. The summed E-state index contributed by atoms with van der Waals surface area (Å²) in [5.41, 5.74) is -0.665. The number of ketones is 1. The van der Waals surface area contributed by atoms with Crippen molar-refractivity contribution in [2.24, 2.45) is 5.92 Å². The summed E-state index contributed by atoms with van der Waals surface area (Å²) in [6, 6.07) is 8.16. The van der Waals surface area contributed by atoms with E-state index in [1.807, 2.05) is 18.2 Å². The molecule has 0 radical (unpaired) electrons. The third kappa shape index (κ3) is 11.5. The van der Waals surface area contributed by atoms with Gasteiger partial charge in [0.1, 0.15) is 17.8 Å². The van der Waals surface area contributed by atoms with E-state index in [1.54, 1.807) is 53.7 Å². The van der Waals surface area contributed by atoms with Crippen LogP contribution in [-0.4, -0.2) is 41.1 Å². The zero-order valence-electron chi connectivity index (χ0n) is 20.0. The van der Waals surface area contributed by atoms with Crippen LogP contribution < -0.4 is 5.32 Å². The minimum Gasteiger partial charge on any atom is -0.461 e. The van der Waals surface area contributed by atoms with Crippen molar-refractivity contribution in [3.8, 4) is 0 Å². The van der Waals surface area contributed by atoms with Gasteiger partial charge in [-0.3, -0.25) is 14.4 Å². The van der Waals surface area contributed by atoms with Gasteiger partial charge in [0.15, 0.2) is 5.78 Å². The predicted octanol–water partition coefficient (Wildman–Crippen LogP) is 3.95. The zero-order valence-corrected chi connectivity index (χ0v) is 20.0. The number of hydrogen-bond acceptors (Lipinski definition) is 7. The van der Waals surface area contributed by atoms with Gasteiger partial charge in [0.05, 0.1) is 18.4 Å². The largest absolute Gasteiger partial charge is 0.461 e. The smallest absolute Gasteiger partial charge is 0.408 e. The summed E-state index contributed by atoms with van der Waals surface area (Å²) in [5.74, 6) is -2.76. The van der Waals surface area contributed by atoms with E-state index < -0.39 is 47.0 Å². The molecule has 0 aromatic heterocycles. The molecule has 0 aliphatic heterocycles. The molecule has 1 aromatic rings. The molecule has 1 rings (SSSR count). The van der Waals surface area contributed by atoms with E-state index in [0.717, 1.165) is 5.56 Å². The number of carbonyl (C=O) groups excluding carboxylic acids is 4. The molecule has 0 fully saturated rings. The van der Waals surface area contributed by atoms with Gasteiger partial charge in [-0.2, -0.15) is 0 Å². The van der Waals surface area contributed by atoms with Crippen molar-refractivity contribution in [1.82, 2.24) is 5.32 Å². The molecular weight excluding hydrogens is 414 g/mol. The van der Waals surface area contributed by atoms with Crippen LogP contribution in [0.5, 0.6) is 0 Å². The number of nitrogens with one attached hydrogen (secondary N) is 1. The fourth-order valence-corrected chi connectivity index (χ4v) is 2.65. The summed E-state index contributed by atoms with van der Waals surface area (Å²) in [6.45, 7) is 11.8. The number of benzene rings is 1. The maximum Gasteiger partial charge on any atom is 0.408 e. The Labute approximate surface area is 190 Å². The van der Waals surface area contributed by atoms with Crippen molar-refractivity contribution in [1.29, 1.82) is 0 Å². The van der Waals surface area contributed by atoms with Gasteiger partial charge in [0, 0.05) is 6.42 Å². The molecule has 0 saturated heterocycles. The Bertz CT molecular complexity index is 791. The molecule has 0 unspecified atom stereocenters. The van der Waals surface area contributed by atoms with Crippen molar-refractivity contribution in [3.05, 3.63) is 35.9 Å². The molecule has 0 spiro atoms. The van der Waals surface area contributed by atoms with Crippen molar-refractivity contribution < 1.29 is 33.4 Å². The van der Waals surface area contributed by atoms with E-state index in [4.69, 9.17) is 14.2 Å². The lowest BCUT2D eigenvalue weighted by molar-refractivity contribution is -0.162. The highest BCUT2D eigenvalue weighted by Gasteiger charge is 2.31. The van der Waals surface area contributed by atoms with E-state index in [9.17, 15) is 19.2 Å². The van der Waals surface area contributed by atoms with Crippen LogP contribution in [0.4, 0.5) is 4.79 Å². The maximum atomic E-state index is 12.7. The summed E-state index contributed by atoms with van der Waals surface area (Å²) >= 11 is 0. The van der Waals surface area contributed by atoms with Gasteiger partial charge >= 0.3 is 18.0 Å². The Morgan fingerprint density at radius 3 is 1.97 bits per heavy atom. The van der Waals surface area contributed by atoms with Gasteiger partial charge in [0.2, 0.25) is 0 Å². The second-order valence-electron chi connectivity index (χ2n) is 9.62. The Kier molecular flexibility index (Phi) is 9.87. The number of carbonyl (C=O) groups is 4. The predicted molar refractivity (Wildman–Crippen MR) is 119 cm³/mol. The number of amides is 1. The SMILES string of the molecule is C[C@@H](NC(=O)OC(C)(C)C)C(=O)C[C@@H](CC(=O)OC(C)(C)C)C(=O)OCc1ccccc1. The molecular formula is C24H35NO7. The molecule has 1 aromatic carbocycles. The molecule has 8 heteroatoms. The van der Waals surface area contributed by atoms with E-state index in [1.165, 1.54) is 6.92 Å². The van der Waals surface area contributed by atoms with Gasteiger partial charge in [-0.15, -0.1) is 0 Å². The van der Waals surface area contributed by atoms with Crippen LogP contribution in [-0.2, 0) is 35.2 Å². The van der Waals surface area contributed by atoms with Crippen molar-refractivity contribution in [2.45, 2.75) is 85.2 Å². The van der Waals surface area contributed by atoms with E-state index in [-0.39, 0.29) is 19.4 Å². The first-order valence-electron chi connectivity index (χ1n) is 10.6. The highest BCUT2D eigenvalue weighted by molar-refractivity contribution is 5.91. The maximum absolute atomic E-state index is 12.7. The van der Waals surface area contributed by atoms with Crippen LogP contribution in [0.15, 0.2) is 30.3 Å². The molecule has 1 amide bonds. The van der Waals surface area contributed by atoms with Gasteiger partial charge < -0.3 is 19.5 Å². The number of Topliss-reactive ketones (excluding diaryl/α,β-unsaturated/α-hetero) is 1. The first-order chi connectivity index (χ1) is 14.7. The van der Waals surface area contributed by atoms with E-state index >= 15 is 0 Å². The van der Waals surface area contributed by atoms with Crippen LogP contribution in [0.3, 0.4) is 0 Å². The van der Waals surface area contributed by atoms with Crippen LogP contribution >= 0.6 is 0 Å². The van der Waals surface area contributed by atoms with E-state index in [0.29, 0.717) is 0 Å². The van der Waals surface area contributed by atoms with E-state index in [2.05, 4.69) is 5.32 Å². The summed E-state index contributed by atoms with van der Waals surface area (Å²) in [7, 11) is 0. The van der Waals surface area contributed by atoms with Gasteiger partial charge in [-0.1, -0.05) is 30.3 Å². The lowest BCUT2D eigenvalue weighted by atomic mass is 9.96. The average molecular weight is 450 g/mol. The standard InChI is InChI=1S/C24H35NO7/c1-16(25-22(29)32-24(5,6)7)19(26)13-18(14-20(27)31-23(2,3)4)21(28)30-15-17-11-9-8-10-12-17/h8-12,16,18H,13-15H2,1-7H3,(H,25,29)/t16-,18+/m1/s1. The summed E-state index contributed by atoms with van der Waals surface area (Å²) in [4.78, 5) is 49.6. The lowest BCUT2D eigenvalue weighted by Crippen LogP contribution is -2.42. The minimum absolute atomic E-state index is 0.0182. The number of alkyl carbamates (subject to hydrolysis) is 1. The van der Waals surface area contributed by atoms with Crippen LogP contribution in [0.1, 0.15) is 66.9 Å². The summed E-state index contributed by atoms with van der Waals surface area (Å²) in [5, 5.41) is 2.45. The molecule has 178 valence electrons. The third-order valence-corrected chi connectivity index (χ3v) is 4.05. The number of rotatable bonds is 9. The topological polar surface area (TPSA) is 108 Å². The minimum atomic E-state index is -1.04. The van der Waals surface area contributed by atoms with Gasteiger partial charge in [-0.05, 0) is 54.0 Å². The highest BCUT2D eigenvalue weighted by Crippen LogP contribution is 2.18. The fraction of sp³-hybridized carbons (Fsp3) is 0.583. The number of hydrogen-bond donors (Lipinski definition) is 1. The average Bonchev–Trinajstić information content (AvgIpc) is 2.63. The molecule has 32 heavy (non-hydrogen) atoms. The fourth-order valence-electron chi connectivity index (χ4n) is 2.65. The number of esters is 2. The summed E-state index contributed by atoms with van der Waals surface area (Å²) < 4.78 is 15.8. The van der Waals surface area contributed by atoms with Crippen molar-refractivity contribution in [2.75, 3.05) is 0 Å². The Morgan fingerprint density at radius 1 is 0.875 bits per heavy atom. The quantitative estimate of drug-likeness (QED) is 0.449. The Hall–Kier alpha value is -2.90. The van der Waals surface area contributed by atoms with Crippen LogP contribution in [0, 0.1) is 5.92 Å². The molecule has 0 aliphatic rings. The third-order valence-electron chi connectivity index (χ3n) is 4.05. The van der Waals surface area contributed by atoms with Crippen molar-refractivity contribution >= 4 is 23.8 Å². The molecule has 0 aliphatic carbocycles. The Morgan fingerprint density at radius 2 is 1.44 bits per heavy atom. The molecule has 1 N–H and O–H groups in total. The molecule has 0 saturated carbocycles. The second-order valence-corrected chi connectivity index (χ2v) is 9.62. The first kappa shape index (κ1) is 27.1. The zero-order chi connectivity index (χ0) is 24.5. The first-order valence-corrected chi connectivity index (χ1v) is 10.6. The summed E-state index contributed by atoms with van der Waals surface area (Å²) in [6.07, 6.45) is -1.34. The van der Waals surface area contributed by atoms with Gasteiger partial charge in [-0.25, -0.2) is 4.79 Å². The van der Waals surface area contributed by atoms with Gasteiger partial charge in [0.25, 0.3) is 0 Å². The normalized spacial score (nSPS) is 13.5. The van der Waals surface area contributed by atoms with Crippen LogP contribution in [0.2, 0.25) is 0 Å². The van der Waals surface area contributed by atoms with Crippen molar-refractivity contribution in [3.63, 3.8) is 0 Å².